The van der Waals surface area contributed by atoms with Gasteiger partial charge >= 0.3 is 5.97 Å². The normalized spacial score (nSPS) is 24.9. The zero-order chi connectivity index (χ0) is 10.0. The predicted octanol–water partition coefficient (Wildman–Crippen LogP) is -1.97. The van der Waals surface area contributed by atoms with E-state index in [1.54, 1.807) is 0 Å². The first-order valence-electron chi connectivity index (χ1n) is 3.87. The lowest BCUT2D eigenvalue weighted by Crippen LogP contribution is -2.44. The molecule has 13 heavy (non-hydrogen) atoms. The molecule has 0 bridgehead atoms. The van der Waals surface area contributed by atoms with Gasteiger partial charge in [-0.2, -0.15) is 0 Å². The first kappa shape index (κ1) is 9.94. The highest BCUT2D eigenvalue weighted by Gasteiger charge is 2.36. The van der Waals surface area contributed by atoms with Crippen LogP contribution in [0.1, 0.15) is 6.42 Å². The fourth-order valence-electron chi connectivity index (χ4n) is 1.32. The number of aliphatic carboxylic acids is 1. The number of carboxylic acid groups (broad SMARTS) is 1. The molecule has 1 amide bonds. The third-order valence-corrected chi connectivity index (χ3v) is 1.97. The van der Waals surface area contributed by atoms with Gasteiger partial charge in [0.05, 0.1) is 19.1 Å². The minimum atomic E-state index is -1.26. The number of aliphatic hydroxyl groups is 2. The van der Waals surface area contributed by atoms with Crippen LogP contribution in [0.4, 0.5) is 0 Å². The number of likely N-dealkylation sites (tertiary alicyclic amines) is 1. The van der Waals surface area contributed by atoms with Crippen LogP contribution in [-0.2, 0) is 9.59 Å². The van der Waals surface area contributed by atoms with Crippen molar-refractivity contribution in [2.45, 2.75) is 18.6 Å². The molecule has 0 aromatic rings. The van der Waals surface area contributed by atoms with E-state index < -0.39 is 30.6 Å². The lowest BCUT2D eigenvalue weighted by atomic mass is 10.3. The molecule has 1 rings (SSSR count). The van der Waals surface area contributed by atoms with Crippen LogP contribution in [0, 0.1) is 0 Å². The Morgan fingerprint density at radius 2 is 2.31 bits per heavy atom. The van der Waals surface area contributed by atoms with Gasteiger partial charge in [0, 0.05) is 6.54 Å². The van der Waals surface area contributed by atoms with Gasteiger partial charge < -0.3 is 20.2 Å². The van der Waals surface area contributed by atoms with Crippen LogP contribution in [0.2, 0.25) is 0 Å². The summed E-state index contributed by atoms with van der Waals surface area (Å²) in [5.74, 6) is -1.70. The Balaban J connectivity index is 2.69. The van der Waals surface area contributed by atoms with Gasteiger partial charge in [0.15, 0.2) is 6.04 Å². The number of hydrogen-bond acceptors (Lipinski definition) is 4. The fraction of sp³-hybridized carbons (Fsp3) is 0.714. The van der Waals surface area contributed by atoms with Crippen molar-refractivity contribution in [1.82, 2.24) is 4.90 Å². The summed E-state index contributed by atoms with van der Waals surface area (Å²) in [5.41, 5.74) is 0. The maximum atomic E-state index is 11.1. The van der Waals surface area contributed by atoms with Crippen LogP contribution < -0.4 is 0 Å². The molecule has 2 atom stereocenters. The second-order valence-electron chi connectivity index (χ2n) is 2.94. The average Bonchev–Trinajstić information content (AvgIpc) is 2.31. The summed E-state index contributed by atoms with van der Waals surface area (Å²) in [6.07, 6.45) is -0.884. The maximum Gasteiger partial charge on any atom is 0.328 e. The molecule has 6 nitrogen and oxygen atoms in total. The molecule has 74 valence electrons. The Kier molecular flexibility index (Phi) is 2.84. The Bertz CT molecular complexity index is 229. The van der Waals surface area contributed by atoms with Crippen LogP contribution >= 0.6 is 0 Å². The van der Waals surface area contributed by atoms with E-state index in [1.165, 1.54) is 0 Å². The number of carbonyl (C=O) groups is 2. The lowest BCUT2D eigenvalue weighted by Gasteiger charge is -2.21. The van der Waals surface area contributed by atoms with Gasteiger partial charge in [-0.15, -0.1) is 0 Å². The van der Waals surface area contributed by atoms with E-state index >= 15 is 0 Å². The van der Waals surface area contributed by atoms with Gasteiger partial charge in [0.25, 0.3) is 0 Å². The first-order valence-corrected chi connectivity index (χ1v) is 3.87. The summed E-state index contributed by atoms with van der Waals surface area (Å²) in [6, 6.07) is -1.23. The fourth-order valence-corrected chi connectivity index (χ4v) is 1.32. The second kappa shape index (κ2) is 3.71. The van der Waals surface area contributed by atoms with Crippen LogP contribution in [-0.4, -0.2) is 57.4 Å². The number of β-amino-alcohol motifs (C(OH)–C–C–N with tert-alkyl or cyclic N) is 1. The molecule has 0 aromatic carbocycles. The summed E-state index contributed by atoms with van der Waals surface area (Å²) in [5, 5.41) is 26.4. The quantitative estimate of drug-likeness (QED) is 0.478. The van der Waals surface area contributed by atoms with Crippen LogP contribution in [0.5, 0.6) is 0 Å². The summed E-state index contributed by atoms with van der Waals surface area (Å²) in [6.45, 7) is -0.649. The first-order chi connectivity index (χ1) is 6.06. The zero-order valence-corrected chi connectivity index (χ0v) is 6.88. The molecular weight excluding hydrogens is 178 g/mol. The van der Waals surface area contributed by atoms with Gasteiger partial charge in [0.2, 0.25) is 5.91 Å². The third kappa shape index (κ3) is 1.96. The second-order valence-corrected chi connectivity index (χ2v) is 2.94. The SMILES string of the molecule is O=C(O)C(CO)N1CC(O)CC1=O. The number of amides is 1. The molecule has 6 heteroatoms. The van der Waals surface area contributed by atoms with Crippen molar-refractivity contribution in [3.8, 4) is 0 Å². The Labute approximate surface area is 74.4 Å². The van der Waals surface area contributed by atoms with E-state index in [-0.39, 0.29) is 13.0 Å². The van der Waals surface area contributed by atoms with Gasteiger partial charge in [-0.3, -0.25) is 4.79 Å². The van der Waals surface area contributed by atoms with E-state index in [0.29, 0.717) is 0 Å². The molecular formula is C7H11NO5. The van der Waals surface area contributed by atoms with Crippen molar-refractivity contribution < 1.29 is 24.9 Å². The number of carboxylic acids is 1. The van der Waals surface area contributed by atoms with Crippen molar-refractivity contribution in [2.24, 2.45) is 0 Å². The minimum absolute atomic E-state index is 0.0175. The molecule has 2 unspecified atom stereocenters. The summed E-state index contributed by atoms with van der Waals surface area (Å²) >= 11 is 0. The number of nitrogens with zero attached hydrogens (tertiary/aromatic N) is 1. The van der Waals surface area contributed by atoms with Crippen molar-refractivity contribution >= 4 is 11.9 Å². The summed E-state index contributed by atoms with van der Waals surface area (Å²) in [4.78, 5) is 22.6. The number of aliphatic hydroxyl groups excluding tert-OH is 2. The number of carbonyl (C=O) groups excluding carboxylic acids is 1. The van der Waals surface area contributed by atoms with Gasteiger partial charge in [-0.05, 0) is 0 Å². The molecule has 0 saturated carbocycles. The topological polar surface area (TPSA) is 98.1 Å². The summed E-state index contributed by atoms with van der Waals surface area (Å²) < 4.78 is 0. The Morgan fingerprint density at radius 1 is 1.69 bits per heavy atom. The minimum Gasteiger partial charge on any atom is -0.480 e. The predicted molar refractivity (Wildman–Crippen MR) is 40.8 cm³/mol. The highest BCUT2D eigenvalue weighted by atomic mass is 16.4. The summed E-state index contributed by atoms with van der Waals surface area (Å²) in [7, 11) is 0. The maximum absolute atomic E-state index is 11.1. The standard InChI is InChI=1S/C7H11NO5/c9-3-5(7(12)13)8-2-4(10)1-6(8)11/h4-5,9-10H,1-3H2,(H,12,13). The van der Waals surface area contributed by atoms with Crippen molar-refractivity contribution in [2.75, 3.05) is 13.2 Å². The highest BCUT2D eigenvalue weighted by Crippen LogP contribution is 2.14. The Hall–Kier alpha value is -1.14. The molecule has 1 heterocycles. The van der Waals surface area contributed by atoms with E-state index in [2.05, 4.69) is 0 Å². The zero-order valence-electron chi connectivity index (χ0n) is 6.88. The van der Waals surface area contributed by atoms with E-state index in [1.807, 2.05) is 0 Å². The van der Waals surface area contributed by atoms with Crippen LogP contribution in [0.25, 0.3) is 0 Å². The monoisotopic (exact) mass is 189 g/mol. The van der Waals surface area contributed by atoms with Gasteiger partial charge in [-0.1, -0.05) is 0 Å². The van der Waals surface area contributed by atoms with Gasteiger partial charge in [-0.25, -0.2) is 4.79 Å². The van der Waals surface area contributed by atoms with E-state index in [4.69, 9.17) is 15.3 Å². The third-order valence-electron chi connectivity index (χ3n) is 1.97. The number of hydrogen-bond donors (Lipinski definition) is 3. The van der Waals surface area contributed by atoms with Crippen molar-refractivity contribution in [1.29, 1.82) is 0 Å². The largest absolute Gasteiger partial charge is 0.480 e. The van der Waals surface area contributed by atoms with E-state index in [9.17, 15) is 9.59 Å². The molecule has 1 aliphatic heterocycles. The van der Waals surface area contributed by atoms with Crippen molar-refractivity contribution in [3.05, 3.63) is 0 Å². The Morgan fingerprint density at radius 3 is 2.62 bits per heavy atom. The van der Waals surface area contributed by atoms with Crippen LogP contribution in [0.3, 0.4) is 0 Å². The molecule has 0 aliphatic carbocycles. The lowest BCUT2D eigenvalue weighted by molar-refractivity contribution is -0.150. The molecule has 0 radical (unpaired) electrons. The van der Waals surface area contributed by atoms with Gasteiger partial charge in [0.1, 0.15) is 0 Å². The molecule has 1 saturated heterocycles. The number of rotatable bonds is 3. The molecule has 1 aliphatic rings. The van der Waals surface area contributed by atoms with Crippen molar-refractivity contribution in [3.63, 3.8) is 0 Å². The molecule has 1 fully saturated rings. The highest BCUT2D eigenvalue weighted by molar-refractivity contribution is 5.85. The average molecular weight is 189 g/mol. The van der Waals surface area contributed by atoms with Crippen LogP contribution in [0.15, 0.2) is 0 Å². The molecule has 0 aromatic heterocycles. The van der Waals surface area contributed by atoms with E-state index in [0.717, 1.165) is 4.90 Å². The molecule has 3 N–H and O–H groups in total. The smallest absolute Gasteiger partial charge is 0.328 e. The molecule has 0 spiro atoms.